The molecule has 0 radical (unpaired) electrons. The second-order valence-electron chi connectivity index (χ2n) is 7.32. The molecule has 4 N–H and O–H groups in total. The van der Waals surface area contributed by atoms with Gasteiger partial charge in [0.05, 0.1) is 6.42 Å². The van der Waals surface area contributed by atoms with Gasteiger partial charge in [-0.2, -0.15) is 8.42 Å². The van der Waals surface area contributed by atoms with Gasteiger partial charge in [0.25, 0.3) is 10.1 Å². The summed E-state index contributed by atoms with van der Waals surface area (Å²) in [5, 5.41) is 21.1. The molecule has 0 aromatic rings. The van der Waals surface area contributed by atoms with Crippen molar-refractivity contribution in [2.45, 2.75) is 103 Å². The summed E-state index contributed by atoms with van der Waals surface area (Å²) in [6, 6.07) is 0. The number of nitrogens with one attached hydrogen (secondary N) is 1. The largest absolute Gasteiger partial charge is 0.481 e. The molecule has 174 valence electrons. The standard InChI is InChI=1S/C12H22O7S.C8H19N/c1-2-3-4-5-6-7-8-12(11(15)16,9-10(13)14)20(17,18)19;1-3-5-7-9-8-6-4-2/h2-9H2,1H3,(H,13,14)(H,15,16)(H,17,18,19);9H,3-8H2,1-2H3. The van der Waals surface area contributed by atoms with Gasteiger partial charge in [-0.05, 0) is 32.4 Å². The number of carboxylic acids is 2. The average Bonchev–Trinajstić information content (AvgIpc) is 2.62. The molecule has 0 amide bonds. The zero-order chi connectivity index (χ0) is 22.8. The van der Waals surface area contributed by atoms with Crippen LogP contribution in [0.5, 0.6) is 0 Å². The molecular formula is C20H41NO7S. The average molecular weight is 440 g/mol. The first kappa shape index (κ1) is 30.0. The zero-order valence-corrected chi connectivity index (χ0v) is 19.1. The van der Waals surface area contributed by atoms with Gasteiger partial charge in [0.1, 0.15) is 0 Å². The van der Waals surface area contributed by atoms with Crippen molar-refractivity contribution in [1.29, 1.82) is 0 Å². The smallest absolute Gasteiger partial charge is 0.328 e. The molecular weight excluding hydrogens is 398 g/mol. The van der Waals surface area contributed by atoms with Crippen molar-refractivity contribution < 1.29 is 32.8 Å². The number of rotatable bonds is 17. The number of carbonyl (C=O) groups is 2. The van der Waals surface area contributed by atoms with Crippen molar-refractivity contribution >= 4 is 22.1 Å². The minimum Gasteiger partial charge on any atom is -0.481 e. The van der Waals surface area contributed by atoms with Crippen LogP contribution >= 0.6 is 0 Å². The fourth-order valence-electron chi connectivity index (χ4n) is 2.77. The third-order valence-electron chi connectivity index (χ3n) is 4.67. The molecule has 0 aliphatic carbocycles. The van der Waals surface area contributed by atoms with Crippen LogP contribution in [-0.2, 0) is 19.7 Å². The van der Waals surface area contributed by atoms with Crippen LogP contribution in [0.15, 0.2) is 0 Å². The first-order valence-electron chi connectivity index (χ1n) is 10.7. The first-order chi connectivity index (χ1) is 13.6. The van der Waals surface area contributed by atoms with E-state index < -0.39 is 39.6 Å². The SMILES string of the molecule is CCCCCCCCC(CC(=O)O)(C(=O)O)S(=O)(=O)O.CCCCNCCCC. The monoisotopic (exact) mass is 439 g/mol. The lowest BCUT2D eigenvalue weighted by Gasteiger charge is -2.24. The van der Waals surface area contributed by atoms with E-state index in [1.54, 1.807) is 0 Å². The second-order valence-corrected chi connectivity index (χ2v) is 9.05. The number of carboxylic acid groups (broad SMARTS) is 2. The minimum absolute atomic E-state index is 0.239. The molecule has 0 aromatic heterocycles. The van der Waals surface area contributed by atoms with E-state index in [4.69, 9.17) is 14.8 Å². The fourth-order valence-corrected chi connectivity index (χ4v) is 3.69. The topological polar surface area (TPSA) is 141 Å². The molecule has 0 aliphatic heterocycles. The lowest BCUT2D eigenvalue weighted by Crippen LogP contribution is -2.48. The minimum atomic E-state index is -5.00. The highest BCUT2D eigenvalue weighted by atomic mass is 32.2. The van der Waals surface area contributed by atoms with E-state index in [2.05, 4.69) is 19.2 Å². The van der Waals surface area contributed by atoms with Crippen LogP contribution in [0, 0.1) is 0 Å². The van der Waals surface area contributed by atoms with Crippen LogP contribution < -0.4 is 5.32 Å². The Morgan fingerprint density at radius 2 is 1.24 bits per heavy atom. The van der Waals surface area contributed by atoms with Crippen molar-refractivity contribution in [2.24, 2.45) is 0 Å². The Bertz CT molecular complexity index is 531. The maximum atomic E-state index is 11.3. The van der Waals surface area contributed by atoms with E-state index >= 15 is 0 Å². The Balaban J connectivity index is 0. The summed E-state index contributed by atoms with van der Waals surface area (Å²) in [5.74, 6) is -3.40. The van der Waals surface area contributed by atoms with Crippen LogP contribution in [0.2, 0.25) is 0 Å². The van der Waals surface area contributed by atoms with E-state index in [-0.39, 0.29) is 6.42 Å². The lowest BCUT2D eigenvalue weighted by atomic mass is 9.96. The normalized spacial score (nSPS) is 13.2. The molecule has 0 spiro atoms. The maximum Gasteiger partial charge on any atom is 0.328 e. The maximum absolute atomic E-state index is 11.3. The van der Waals surface area contributed by atoms with Gasteiger partial charge in [-0.15, -0.1) is 0 Å². The highest BCUT2D eigenvalue weighted by Crippen LogP contribution is 2.29. The summed E-state index contributed by atoms with van der Waals surface area (Å²) in [6.45, 7) is 8.90. The van der Waals surface area contributed by atoms with Gasteiger partial charge in [-0.25, -0.2) is 0 Å². The van der Waals surface area contributed by atoms with E-state index in [1.165, 1.54) is 38.8 Å². The van der Waals surface area contributed by atoms with E-state index in [9.17, 15) is 18.0 Å². The Hall–Kier alpha value is -1.19. The summed E-state index contributed by atoms with van der Waals surface area (Å²) < 4.78 is 29.1. The third kappa shape index (κ3) is 14.4. The lowest BCUT2D eigenvalue weighted by molar-refractivity contribution is -0.147. The van der Waals surface area contributed by atoms with Crippen molar-refractivity contribution in [2.75, 3.05) is 13.1 Å². The zero-order valence-electron chi connectivity index (χ0n) is 18.3. The number of hydrogen-bond donors (Lipinski definition) is 4. The number of hydrogen-bond acceptors (Lipinski definition) is 5. The number of aliphatic carboxylic acids is 2. The van der Waals surface area contributed by atoms with Gasteiger partial charge in [-0.3, -0.25) is 14.1 Å². The Morgan fingerprint density at radius 1 is 0.793 bits per heavy atom. The molecule has 1 unspecified atom stereocenters. The predicted molar refractivity (Wildman–Crippen MR) is 115 cm³/mol. The molecule has 0 heterocycles. The van der Waals surface area contributed by atoms with Crippen molar-refractivity contribution in [3.8, 4) is 0 Å². The van der Waals surface area contributed by atoms with E-state index in [0.29, 0.717) is 6.42 Å². The molecule has 0 saturated heterocycles. The third-order valence-corrected chi connectivity index (χ3v) is 6.18. The van der Waals surface area contributed by atoms with Gasteiger partial charge in [0.15, 0.2) is 0 Å². The van der Waals surface area contributed by atoms with Gasteiger partial charge in [-0.1, -0.05) is 72.1 Å². The molecule has 9 heteroatoms. The van der Waals surface area contributed by atoms with Crippen LogP contribution in [-0.4, -0.2) is 53.0 Å². The molecule has 29 heavy (non-hydrogen) atoms. The fraction of sp³-hybridized carbons (Fsp3) is 0.900. The van der Waals surface area contributed by atoms with E-state index in [0.717, 1.165) is 25.7 Å². The van der Waals surface area contributed by atoms with Crippen molar-refractivity contribution in [1.82, 2.24) is 5.32 Å². The van der Waals surface area contributed by atoms with Crippen LogP contribution in [0.4, 0.5) is 0 Å². The van der Waals surface area contributed by atoms with Crippen molar-refractivity contribution in [3.05, 3.63) is 0 Å². The first-order valence-corrected chi connectivity index (χ1v) is 12.2. The highest BCUT2D eigenvalue weighted by molar-refractivity contribution is 7.88. The molecule has 1 atom stereocenters. The Morgan fingerprint density at radius 3 is 1.62 bits per heavy atom. The van der Waals surface area contributed by atoms with Crippen LogP contribution in [0.1, 0.15) is 97.8 Å². The number of unbranched alkanes of at least 4 members (excludes halogenated alkanes) is 7. The van der Waals surface area contributed by atoms with Crippen molar-refractivity contribution in [3.63, 3.8) is 0 Å². The molecule has 8 nitrogen and oxygen atoms in total. The van der Waals surface area contributed by atoms with Gasteiger partial charge < -0.3 is 15.5 Å². The molecule has 0 aliphatic rings. The highest BCUT2D eigenvalue weighted by Gasteiger charge is 2.51. The van der Waals surface area contributed by atoms with Crippen LogP contribution in [0.3, 0.4) is 0 Å². The van der Waals surface area contributed by atoms with Gasteiger partial charge in [0.2, 0.25) is 4.75 Å². The predicted octanol–water partition coefficient (Wildman–Crippen LogP) is 4.10. The second kappa shape index (κ2) is 17.7. The van der Waals surface area contributed by atoms with Gasteiger partial charge >= 0.3 is 11.9 Å². The molecule has 0 aromatic carbocycles. The Labute approximate surface area is 176 Å². The molecule has 0 saturated carbocycles. The van der Waals surface area contributed by atoms with E-state index in [1.807, 2.05) is 6.92 Å². The summed E-state index contributed by atoms with van der Waals surface area (Å²) in [4.78, 5) is 21.9. The summed E-state index contributed by atoms with van der Waals surface area (Å²) in [5.41, 5.74) is 0. The Kier molecular flexibility index (Phi) is 18.3. The summed E-state index contributed by atoms with van der Waals surface area (Å²) in [7, 11) is -5.00. The quantitative estimate of drug-likeness (QED) is 0.196. The molecule has 0 fully saturated rings. The van der Waals surface area contributed by atoms with Gasteiger partial charge in [0, 0.05) is 0 Å². The summed E-state index contributed by atoms with van der Waals surface area (Å²) in [6.07, 6.45) is 8.42. The molecule has 0 bridgehead atoms. The van der Waals surface area contributed by atoms with Crippen LogP contribution in [0.25, 0.3) is 0 Å². The molecule has 0 rings (SSSR count). The summed E-state index contributed by atoms with van der Waals surface area (Å²) >= 11 is 0.